The fourth-order valence-electron chi connectivity index (χ4n) is 1.46. The molecule has 0 heterocycles. The van der Waals surface area contributed by atoms with Gasteiger partial charge in [-0.25, -0.2) is 14.4 Å². The van der Waals surface area contributed by atoms with Gasteiger partial charge in [-0.05, 0) is 19.1 Å². The molecule has 0 aliphatic heterocycles. The highest BCUT2D eigenvalue weighted by atomic mass is 16.6. The zero-order valence-electron chi connectivity index (χ0n) is 11.5. The summed E-state index contributed by atoms with van der Waals surface area (Å²) in [7, 11) is 0. The number of carbonyl (C=O) groups is 3. The van der Waals surface area contributed by atoms with Crippen molar-refractivity contribution in [2.24, 2.45) is 0 Å². The standard InChI is InChI=1S/C14H16O7/c1-2-19-13(17)10-5-3-4-6-11(10)14(18)21-8-7-20-12(16)9-15/h3-6,15H,2,7-9H2,1H3. The minimum Gasteiger partial charge on any atom is -0.462 e. The minimum absolute atomic E-state index is 0.0736. The molecule has 1 N–H and O–H groups in total. The summed E-state index contributed by atoms with van der Waals surface area (Å²) in [5, 5.41) is 8.44. The molecule has 7 nitrogen and oxygen atoms in total. The zero-order valence-corrected chi connectivity index (χ0v) is 11.5. The molecule has 0 aliphatic rings. The number of rotatable bonds is 7. The predicted octanol–water partition coefficient (Wildman–Crippen LogP) is 0.556. The lowest BCUT2D eigenvalue weighted by Crippen LogP contribution is -2.18. The van der Waals surface area contributed by atoms with Crippen LogP contribution in [0.3, 0.4) is 0 Å². The van der Waals surface area contributed by atoms with Crippen LogP contribution in [0.1, 0.15) is 27.6 Å². The molecule has 0 aliphatic carbocycles. The minimum atomic E-state index is -0.807. The average molecular weight is 296 g/mol. The molecular weight excluding hydrogens is 280 g/mol. The van der Waals surface area contributed by atoms with Crippen molar-refractivity contribution in [1.29, 1.82) is 0 Å². The second-order valence-corrected chi connectivity index (χ2v) is 3.78. The molecule has 0 saturated heterocycles. The number of aliphatic hydroxyl groups excluding tert-OH is 1. The van der Waals surface area contributed by atoms with Gasteiger partial charge in [0.05, 0.1) is 17.7 Å². The number of carbonyl (C=O) groups excluding carboxylic acids is 3. The van der Waals surface area contributed by atoms with Crippen LogP contribution in [0.15, 0.2) is 24.3 Å². The quantitative estimate of drug-likeness (QED) is 0.445. The number of benzene rings is 1. The molecule has 21 heavy (non-hydrogen) atoms. The van der Waals surface area contributed by atoms with Crippen LogP contribution in [0.2, 0.25) is 0 Å². The van der Waals surface area contributed by atoms with E-state index in [-0.39, 0.29) is 30.9 Å². The Hall–Kier alpha value is -2.41. The fourth-order valence-corrected chi connectivity index (χ4v) is 1.46. The summed E-state index contributed by atoms with van der Waals surface area (Å²) in [6.07, 6.45) is 0. The van der Waals surface area contributed by atoms with Crippen LogP contribution in [0.5, 0.6) is 0 Å². The van der Waals surface area contributed by atoms with Crippen LogP contribution in [0.4, 0.5) is 0 Å². The van der Waals surface area contributed by atoms with Gasteiger partial charge < -0.3 is 19.3 Å². The van der Waals surface area contributed by atoms with Crippen molar-refractivity contribution in [3.8, 4) is 0 Å². The van der Waals surface area contributed by atoms with E-state index in [1.54, 1.807) is 19.1 Å². The van der Waals surface area contributed by atoms with Gasteiger partial charge >= 0.3 is 17.9 Å². The maximum atomic E-state index is 11.9. The molecule has 1 aromatic carbocycles. The Morgan fingerprint density at radius 3 is 2.00 bits per heavy atom. The van der Waals surface area contributed by atoms with Gasteiger partial charge in [0.1, 0.15) is 19.8 Å². The van der Waals surface area contributed by atoms with Crippen molar-refractivity contribution >= 4 is 17.9 Å². The third-order valence-corrected chi connectivity index (χ3v) is 2.35. The molecule has 0 unspecified atom stereocenters. The lowest BCUT2D eigenvalue weighted by molar-refractivity contribution is -0.147. The molecule has 0 bridgehead atoms. The Morgan fingerprint density at radius 2 is 1.48 bits per heavy atom. The molecule has 0 fully saturated rings. The molecule has 0 atom stereocenters. The molecule has 0 spiro atoms. The highest BCUT2D eigenvalue weighted by Crippen LogP contribution is 2.12. The lowest BCUT2D eigenvalue weighted by atomic mass is 10.1. The van der Waals surface area contributed by atoms with E-state index in [2.05, 4.69) is 4.74 Å². The van der Waals surface area contributed by atoms with Crippen LogP contribution < -0.4 is 0 Å². The van der Waals surface area contributed by atoms with Crippen LogP contribution >= 0.6 is 0 Å². The largest absolute Gasteiger partial charge is 0.462 e. The summed E-state index contributed by atoms with van der Waals surface area (Å²) in [6, 6.07) is 6.09. The Bertz CT molecular complexity index is 510. The molecule has 114 valence electrons. The van der Waals surface area contributed by atoms with Crippen molar-refractivity contribution in [1.82, 2.24) is 0 Å². The topological polar surface area (TPSA) is 99.1 Å². The molecule has 0 radical (unpaired) electrons. The number of ether oxygens (including phenoxy) is 3. The molecule has 1 rings (SSSR count). The maximum Gasteiger partial charge on any atom is 0.339 e. The predicted molar refractivity (Wildman–Crippen MR) is 70.7 cm³/mol. The lowest BCUT2D eigenvalue weighted by Gasteiger charge is -2.09. The van der Waals surface area contributed by atoms with E-state index < -0.39 is 24.5 Å². The Kier molecular flexibility index (Phi) is 6.90. The van der Waals surface area contributed by atoms with E-state index in [0.717, 1.165) is 0 Å². The van der Waals surface area contributed by atoms with Gasteiger partial charge in [-0.1, -0.05) is 12.1 Å². The van der Waals surface area contributed by atoms with E-state index in [4.69, 9.17) is 14.6 Å². The normalized spacial score (nSPS) is 9.81. The van der Waals surface area contributed by atoms with Gasteiger partial charge in [0.15, 0.2) is 0 Å². The van der Waals surface area contributed by atoms with Gasteiger partial charge in [0.2, 0.25) is 0 Å². The first-order chi connectivity index (χ1) is 10.1. The summed E-state index contributed by atoms with van der Waals surface area (Å²) in [6.45, 7) is 0.766. The summed E-state index contributed by atoms with van der Waals surface area (Å²) in [5.41, 5.74) is 0.182. The van der Waals surface area contributed by atoms with Crippen molar-refractivity contribution in [3.05, 3.63) is 35.4 Å². The van der Waals surface area contributed by atoms with Gasteiger partial charge in [-0.15, -0.1) is 0 Å². The summed E-state index contributed by atoms with van der Waals surface area (Å²) in [4.78, 5) is 34.2. The van der Waals surface area contributed by atoms with E-state index in [9.17, 15) is 14.4 Å². The number of hydrogen-bond acceptors (Lipinski definition) is 7. The third-order valence-electron chi connectivity index (χ3n) is 2.35. The van der Waals surface area contributed by atoms with Crippen LogP contribution in [-0.2, 0) is 19.0 Å². The second-order valence-electron chi connectivity index (χ2n) is 3.78. The van der Waals surface area contributed by atoms with Crippen LogP contribution in [-0.4, -0.2) is 49.4 Å². The molecular formula is C14H16O7. The highest BCUT2D eigenvalue weighted by molar-refractivity contribution is 6.03. The number of aliphatic hydroxyl groups is 1. The zero-order chi connectivity index (χ0) is 15.7. The van der Waals surface area contributed by atoms with E-state index in [1.807, 2.05) is 0 Å². The maximum absolute atomic E-state index is 11.9. The second kappa shape index (κ2) is 8.70. The number of hydrogen-bond donors (Lipinski definition) is 1. The smallest absolute Gasteiger partial charge is 0.339 e. The van der Waals surface area contributed by atoms with Crippen molar-refractivity contribution in [2.45, 2.75) is 6.92 Å². The fraction of sp³-hybridized carbons (Fsp3) is 0.357. The summed E-state index contributed by atoms with van der Waals surface area (Å²) in [5.74, 6) is -2.14. The van der Waals surface area contributed by atoms with E-state index in [0.29, 0.717) is 0 Å². The SMILES string of the molecule is CCOC(=O)c1ccccc1C(=O)OCCOC(=O)CO. The van der Waals surface area contributed by atoms with Crippen molar-refractivity contribution in [3.63, 3.8) is 0 Å². The van der Waals surface area contributed by atoms with E-state index >= 15 is 0 Å². The Labute approximate surface area is 121 Å². The van der Waals surface area contributed by atoms with Crippen LogP contribution in [0.25, 0.3) is 0 Å². The van der Waals surface area contributed by atoms with Gasteiger partial charge in [-0.3, -0.25) is 0 Å². The van der Waals surface area contributed by atoms with E-state index in [1.165, 1.54) is 12.1 Å². The summed E-state index contributed by atoms with van der Waals surface area (Å²) >= 11 is 0. The first kappa shape index (κ1) is 16.6. The van der Waals surface area contributed by atoms with Gasteiger partial charge in [0.25, 0.3) is 0 Å². The first-order valence-corrected chi connectivity index (χ1v) is 6.30. The monoisotopic (exact) mass is 296 g/mol. The molecule has 1 aromatic rings. The van der Waals surface area contributed by atoms with Crippen LogP contribution in [0, 0.1) is 0 Å². The highest BCUT2D eigenvalue weighted by Gasteiger charge is 2.18. The third kappa shape index (κ3) is 5.23. The first-order valence-electron chi connectivity index (χ1n) is 6.30. The Morgan fingerprint density at radius 1 is 0.952 bits per heavy atom. The van der Waals surface area contributed by atoms with Gasteiger partial charge in [-0.2, -0.15) is 0 Å². The number of esters is 3. The Balaban J connectivity index is 2.62. The average Bonchev–Trinajstić information content (AvgIpc) is 2.51. The molecule has 7 heteroatoms. The molecule has 0 aromatic heterocycles. The molecule has 0 amide bonds. The van der Waals surface area contributed by atoms with Crippen molar-refractivity contribution < 1.29 is 33.7 Å². The summed E-state index contributed by atoms with van der Waals surface area (Å²) < 4.78 is 14.3. The molecule has 0 saturated carbocycles. The van der Waals surface area contributed by atoms with Crippen molar-refractivity contribution in [2.75, 3.05) is 26.4 Å². The van der Waals surface area contributed by atoms with Gasteiger partial charge in [0, 0.05) is 0 Å².